The van der Waals surface area contributed by atoms with Gasteiger partial charge in [0.25, 0.3) is 10.0 Å². The average Bonchev–Trinajstić information content (AvgIpc) is 3.09. The lowest BCUT2D eigenvalue weighted by molar-refractivity contribution is 0.483. The highest BCUT2D eigenvalue weighted by atomic mass is 35.5. The topological polar surface area (TPSA) is 71.2 Å². The molecule has 0 unspecified atom stereocenters. The summed E-state index contributed by atoms with van der Waals surface area (Å²) >= 11 is 12.1. The number of H-pyrrole nitrogens is 1. The summed E-state index contributed by atoms with van der Waals surface area (Å²) in [5, 5.41) is 1.48. The molecular formula is C20H14Cl2N2O3S. The number of hydrogen-bond acceptors (Lipinski definition) is 3. The molecule has 0 aliphatic rings. The Morgan fingerprint density at radius 1 is 0.929 bits per heavy atom. The van der Waals surface area contributed by atoms with Crippen LogP contribution in [0.2, 0.25) is 10.0 Å². The van der Waals surface area contributed by atoms with E-state index in [1.807, 2.05) is 12.1 Å². The normalized spacial score (nSPS) is 11.5. The molecule has 4 aromatic rings. The van der Waals surface area contributed by atoms with Crippen LogP contribution in [0.5, 0.6) is 11.5 Å². The van der Waals surface area contributed by atoms with Gasteiger partial charge in [0, 0.05) is 27.8 Å². The molecule has 28 heavy (non-hydrogen) atoms. The first-order chi connectivity index (χ1) is 13.4. The van der Waals surface area contributed by atoms with E-state index in [4.69, 9.17) is 27.9 Å². The SMILES string of the molecule is O=S(=O)(Nc1ccc(Oc2ccccc2Cl)cc1)c1c[nH]c2ccc(Cl)cc12. The van der Waals surface area contributed by atoms with Crippen LogP contribution in [0, 0.1) is 0 Å². The van der Waals surface area contributed by atoms with Crippen LogP contribution in [0.15, 0.2) is 77.8 Å². The number of fused-ring (bicyclic) bond motifs is 1. The highest BCUT2D eigenvalue weighted by Gasteiger charge is 2.19. The van der Waals surface area contributed by atoms with Gasteiger partial charge in [-0.2, -0.15) is 0 Å². The number of benzene rings is 3. The Balaban J connectivity index is 1.56. The summed E-state index contributed by atoms with van der Waals surface area (Å²) in [4.78, 5) is 3.06. The number of aromatic amines is 1. The van der Waals surface area contributed by atoms with Gasteiger partial charge < -0.3 is 9.72 Å². The maximum atomic E-state index is 12.8. The van der Waals surface area contributed by atoms with E-state index in [0.717, 1.165) is 0 Å². The van der Waals surface area contributed by atoms with Gasteiger partial charge in [-0.1, -0.05) is 35.3 Å². The molecule has 0 radical (unpaired) electrons. The molecule has 142 valence electrons. The lowest BCUT2D eigenvalue weighted by atomic mass is 10.2. The minimum Gasteiger partial charge on any atom is -0.456 e. The van der Waals surface area contributed by atoms with Crippen LogP contribution < -0.4 is 9.46 Å². The van der Waals surface area contributed by atoms with Crippen LogP contribution >= 0.6 is 23.2 Å². The van der Waals surface area contributed by atoms with Crippen molar-refractivity contribution in [2.75, 3.05) is 4.72 Å². The fraction of sp³-hybridized carbons (Fsp3) is 0. The molecule has 1 heterocycles. The first-order valence-electron chi connectivity index (χ1n) is 8.24. The molecule has 0 fully saturated rings. The minimum atomic E-state index is -3.79. The largest absolute Gasteiger partial charge is 0.456 e. The van der Waals surface area contributed by atoms with Gasteiger partial charge in [0.05, 0.1) is 5.02 Å². The van der Waals surface area contributed by atoms with Crippen molar-refractivity contribution in [1.29, 1.82) is 0 Å². The third-order valence-electron chi connectivity index (χ3n) is 4.07. The molecule has 0 spiro atoms. The summed E-state index contributed by atoms with van der Waals surface area (Å²) in [5.41, 5.74) is 1.09. The summed E-state index contributed by atoms with van der Waals surface area (Å²) in [6.07, 6.45) is 1.44. The number of aromatic nitrogens is 1. The van der Waals surface area contributed by atoms with E-state index in [-0.39, 0.29) is 4.90 Å². The van der Waals surface area contributed by atoms with E-state index >= 15 is 0 Å². The molecule has 1 aromatic heterocycles. The maximum absolute atomic E-state index is 12.8. The molecule has 0 aliphatic heterocycles. The second-order valence-electron chi connectivity index (χ2n) is 6.01. The fourth-order valence-corrected chi connectivity index (χ4v) is 4.32. The van der Waals surface area contributed by atoms with E-state index in [1.165, 1.54) is 6.20 Å². The standard InChI is InChI=1S/C20H14Cl2N2O3S/c21-13-5-10-18-16(11-13)20(12-23-18)28(25,26)24-14-6-8-15(9-7-14)27-19-4-2-1-3-17(19)22/h1-12,23-24H. The Bertz CT molecular complexity index is 1250. The summed E-state index contributed by atoms with van der Waals surface area (Å²) in [7, 11) is -3.79. The van der Waals surface area contributed by atoms with Gasteiger partial charge in [-0.15, -0.1) is 0 Å². The number of sulfonamides is 1. The zero-order chi connectivity index (χ0) is 19.7. The molecule has 0 saturated heterocycles. The third-order valence-corrected chi connectivity index (χ3v) is 6.03. The van der Waals surface area contributed by atoms with E-state index in [9.17, 15) is 8.42 Å². The maximum Gasteiger partial charge on any atom is 0.264 e. The molecule has 2 N–H and O–H groups in total. The van der Waals surface area contributed by atoms with Crippen molar-refractivity contribution in [3.05, 3.63) is 83.0 Å². The Morgan fingerprint density at radius 3 is 2.43 bits per heavy atom. The zero-order valence-corrected chi connectivity index (χ0v) is 16.6. The van der Waals surface area contributed by atoms with Crippen molar-refractivity contribution >= 4 is 49.8 Å². The van der Waals surface area contributed by atoms with Crippen LogP contribution in [0.4, 0.5) is 5.69 Å². The number of anilines is 1. The second-order valence-corrected chi connectivity index (χ2v) is 8.50. The number of hydrogen-bond donors (Lipinski definition) is 2. The highest BCUT2D eigenvalue weighted by Crippen LogP contribution is 2.31. The predicted molar refractivity (Wildman–Crippen MR) is 112 cm³/mol. The summed E-state index contributed by atoms with van der Waals surface area (Å²) in [6, 6.07) is 18.7. The van der Waals surface area contributed by atoms with Crippen LogP contribution in [-0.4, -0.2) is 13.4 Å². The quantitative estimate of drug-likeness (QED) is 0.402. The monoisotopic (exact) mass is 432 g/mol. The van der Waals surface area contributed by atoms with Crippen molar-refractivity contribution in [2.24, 2.45) is 0 Å². The number of para-hydroxylation sites is 1. The fourth-order valence-electron chi connectivity index (χ4n) is 2.75. The molecule has 0 bridgehead atoms. The number of halogens is 2. The van der Waals surface area contributed by atoms with Crippen LogP contribution in [0.1, 0.15) is 0 Å². The Hall–Kier alpha value is -2.67. The van der Waals surface area contributed by atoms with Crippen molar-refractivity contribution in [3.8, 4) is 11.5 Å². The Labute approximate surface area is 171 Å². The van der Waals surface area contributed by atoms with Gasteiger partial charge in [-0.3, -0.25) is 4.72 Å². The summed E-state index contributed by atoms with van der Waals surface area (Å²) in [6.45, 7) is 0. The van der Waals surface area contributed by atoms with E-state index < -0.39 is 10.0 Å². The molecule has 0 atom stereocenters. The molecule has 4 rings (SSSR count). The van der Waals surface area contributed by atoms with Gasteiger partial charge in [-0.25, -0.2) is 8.42 Å². The molecule has 0 saturated carbocycles. The van der Waals surface area contributed by atoms with Crippen molar-refractivity contribution in [2.45, 2.75) is 4.90 Å². The molecular weight excluding hydrogens is 419 g/mol. The molecule has 5 nitrogen and oxygen atoms in total. The van der Waals surface area contributed by atoms with Crippen LogP contribution in [0.3, 0.4) is 0 Å². The second kappa shape index (κ2) is 7.39. The third kappa shape index (κ3) is 3.80. The van der Waals surface area contributed by atoms with Crippen molar-refractivity contribution in [3.63, 3.8) is 0 Å². The van der Waals surface area contributed by atoms with Gasteiger partial charge >= 0.3 is 0 Å². The smallest absolute Gasteiger partial charge is 0.264 e. The Kier molecular flexibility index (Phi) is 4.93. The lowest BCUT2D eigenvalue weighted by Gasteiger charge is -2.10. The van der Waals surface area contributed by atoms with E-state index in [2.05, 4.69) is 9.71 Å². The van der Waals surface area contributed by atoms with Crippen LogP contribution in [0.25, 0.3) is 10.9 Å². The van der Waals surface area contributed by atoms with Gasteiger partial charge in [0.2, 0.25) is 0 Å². The van der Waals surface area contributed by atoms with E-state index in [1.54, 1.807) is 54.6 Å². The zero-order valence-electron chi connectivity index (χ0n) is 14.3. The molecule has 3 aromatic carbocycles. The molecule has 0 aliphatic carbocycles. The molecule has 8 heteroatoms. The van der Waals surface area contributed by atoms with E-state index in [0.29, 0.717) is 38.1 Å². The first-order valence-corrected chi connectivity index (χ1v) is 10.5. The highest BCUT2D eigenvalue weighted by molar-refractivity contribution is 7.93. The first kappa shape index (κ1) is 18.7. The average molecular weight is 433 g/mol. The lowest BCUT2D eigenvalue weighted by Crippen LogP contribution is -2.12. The number of ether oxygens (including phenoxy) is 1. The van der Waals surface area contributed by atoms with Gasteiger partial charge in [0.1, 0.15) is 16.4 Å². The minimum absolute atomic E-state index is 0.126. The van der Waals surface area contributed by atoms with Gasteiger partial charge in [-0.05, 0) is 54.6 Å². The summed E-state index contributed by atoms with van der Waals surface area (Å²) < 4.78 is 33.8. The summed E-state index contributed by atoms with van der Waals surface area (Å²) in [5.74, 6) is 1.06. The predicted octanol–water partition coefficient (Wildman–Crippen LogP) is 6.07. The van der Waals surface area contributed by atoms with Gasteiger partial charge in [0.15, 0.2) is 0 Å². The number of rotatable bonds is 5. The van der Waals surface area contributed by atoms with Crippen LogP contribution in [-0.2, 0) is 10.0 Å². The van der Waals surface area contributed by atoms with Crippen molar-refractivity contribution in [1.82, 2.24) is 4.98 Å². The number of nitrogens with one attached hydrogen (secondary N) is 2. The van der Waals surface area contributed by atoms with Crippen molar-refractivity contribution < 1.29 is 13.2 Å². The molecule has 0 amide bonds. The Morgan fingerprint density at radius 2 is 1.68 bits per heavy atom.